The highest BCUT2D eigenvalue weighted by molar-refractivity contribution is 7.88. The number of hydrogen-bond acceptors (Lipinski definition) is 7. The maximum absolute atomic E-state index is 12.1. The summed E-state index contributed by atoms with van der Waals surface area (Å²) < 4.78 is 30.4. The van der Waals surface area contributed by atoms with Crippen LogP contribution in [0.15, 0.2) is 15.3 Å². The van der Waals surface area contributed by atoms with E-state index >= 15 is 0 Å². The normalized spacial score (nSPS) is 21.1. The molecule has 1 aromatic rings. The average molecular weight is 385 g/mol. The molecule has 0 unspecified atom stereocenters. The Morgan fingerprint density at radius 1 is 1.00 bits per heavy atom. The molecule has 26 heavy (non-hydrogen) atoms. The topological polar surface area (TPSA) is 94.3 Å². The van der Waals surface area contributed by atoms with Crippen molar-refractivity contribution in [1.82, 2.24) is 14.1 Å². The Bertz CT molecular complexity index is 778. The SMILES string of the molecule is CS(=O)(=O)N1CCN(Cc2oc(CN3CCCCC3)cc(=O)c2O)CC1. The molecular formula is C17H27N3O5S. The maximum Gasteiger partial charge on any atom is 0.227 e. The van der Waals surface area contributed by atoms with Crippen LogP contribution in [-0.4, -0.2) is 73.2 Å². The smallest absolute Gasteiger partial charge is 0.227 e. The van der Waals surface area contributed by atoms with E-state index in [0.717, 1.165) is 25.9 Å². The molecule has 1 aromatic heterocycles. The van der Waals surface area contributed by atoms with Gasteiger partial charge in [0, 0.05) is 32.2 Å². The number of hydrogen-bond donors (Lipinski definition) is 1. The van der Waals surface area contributed by atoms with Crippen molar-refractivity contribution in [3.63, 3.8) is 0 Å². The summed E-state index contributed by atoms with van der Waals surface area (Å²) in [5.41, 5.74) is -0.423. The van der Waals surface area contributed by atoms with Gasteiger partial charge in [0.05, 0.1) is 19.3 Å². The number of rotatable bonds is 5. The summed E-state index contributed by atoms with van der Waals surface area (Å²) in [6.45, 7) is 4.73. The van der Waals surface area contributed by atoms with Gasteiger partial charge in [-0.25, -0.2) is 8.42 Å². The number of nitrogens with zero attached hydrogens (tertiary/aromatic N) is 3. The highest BCUT2D eigenvalue weighted by Gasteiger charge is 2.25. The molecule has 0 aliphatic carbocycles. The summed E-state index contributed by atoms with van der Waals surface area (Å²) in [7, 11) is -3.18. The first-order chi connectivity index (χ1) is 12.3. The van der Waals surface area contributed by atoms with Gasteiger partial charge >= 0.3 is 0 Å². The Morgan fingerprint density at radius 2 is 1.62 bits per heavy atom. The summed E-state index contributed by atoms with van der Waals surface area (Å²) in [6, 6.07) is 1.37. The van der Waals surface area contributed by atoms with Gasteiger partial charge in [0.25, 0.3) is 0 Å². The van der Waals surface area contributed by atoms with Crippen LogP contribution in [0.1, 0.15) is 30.8 Å². The molecule has 0 atom stereocenters. The minimum absolute atomic E-state index is 0.261. The number of likely N-dealkylation sites (tertiary alicyclic amines) is 1. The second-order valence-corrected chi connectivity index (χ2v) is 9.11. The molecule has 0 saturated carbocycles. The first-order valence-corrected chi connectivity index (χ1v) is 10.9. The van der Waals surface area contributed by atoms with E-state index < -0.39 is 15.5 Å². The Labute approximate surface area is 154 Å². The molecule has 3 rings (SSSR count). The lowest BCUT2D eigenvalue weighted by Crippen LogP contribution is -2.47. The predicted octanol–water partition coefficient (Wildman–Crippen LogP) is 0.409. The second kappa shape index (κ2) is 8.08. The van der Waals surface area contributed by atoms with Gasteiger partial charge in [0.2, 0.25) is 21.2 Å². The van der Waals surface area contributed by atoms with Gasteiger partial charge in [-0.05, 0) is 25.9 Å². The Morgan fingerprint density at radius 3 is 2.23 bits per heavy atom. The lowest BCUT2D eigenvalue weighted by molar-refractivity contribution is 0.160. The van der Waals surface area contributed by atoms with Gasteiger partial charge in [0.1, 0.15) is 5.76 Å². The maximum atomic E-state index is 12.1. The molecule has 0 bridgehead atoms. The van der Waals surface area contributed by atoms with Crippen LogP contribution in [0, 0.1) is 0 Å². The Kier molecular flexibility index (Phi) is 6.01. The van der Waals surface area contributed by atoms with Crippen LogP contribution in [-0.2, 0) is 23.1 Å². The Balaban J connectivity index is 1.66. The van der Waals surface area contributed by atoms with Gasteiger partial charge in [-0.3, -0.25) is 14.6 Å². The molecule has 9 heteroatoms. The molecule has 0 radical (unpaired) electrons. The highest BCUT2D eigenvalue weighted by Crippen LogP contribution is 2.20. The van der Waals surface area contributed by atoms with Crippen molar-refractivity contribution in [2.45, 2.75) is 32.4 Å². The van der Waals surface area contributed by atoms with Crippen LogP contribution in [0.5, 0.6) is 5.75 Å². The fourth-order valence-electron chi connectivity index (χ4n) is 3.53. The van der Waals surface area contributed by atoms with Crippen molar-refractivity contribution in [3.05, 3.63) is 27.8 Å². The van der Waals surface area contributed by atoms with Gasteiger partial charge in [-0.2, -0.15) is 4.31 Å². The minimum Gasteiger partial charge on any atom is -0.502 e. The van der Waals surface area contributed by atoms with Crippen LogP contribution in [0.3, 0.4) is 0 Å². The highest BCUT2D eigenvalue weighted by atomic mass is 32.2. The zero-order valence-electron chi connectivity index (χ0n) is 15.2. The molecule has 146 valence electrons. The van der Waals surface area contributed by atoms with E-state index in [9.17, 15) is 18.3 Å². The monoisotopic (exact) mass is 385 g/mol. The molecule has 2 aliphatic heterocycles. The average Bonchev–Trinajstić information content (AvgIpc) is 2.60. The van der Waals surface area contributed by atoms with Gasteiger partial charge in [0.15, 0.2) is 5.76 Å². The number of sulfonamides is 1. The summed E-state index contributed by atoms with van der Waals surface area (Å²) >= 11 is 0. The second-order valence-electron chi connectivity index (χ2n) is 7.12. The summed E-state index contributed by atoms with van der Waals surface area (Å²) in [4.78, 5) is 16.3. The third-order valence-electron chi connectivity index (χ3n) is 5.04. The van der Waals surface area contributed by atoms with E-state index in [1.807, 2.05) is 4.90 Å². The van der Waals surface area contributed by atoms with Crippen molar-refractivity contribution in [2.75, 3.05) is 45.5 Å². The zero-order chi connectivity index (χ0) is 18.7. The van der Waals surface area contributed by atoms with E-state index in [2.05, 4.69) is 4.90 Å². The molecular weight excluding hydrogens is 358 g/mol. The van der Waals surface area contributed by atoms with Crippen LogP contribution in [0.2, 0.25) is 0 Å². The molecule has 3 heterocycles. The van der Waals surface area contributed by atoms with Crippen molar-refractivity contribution >= 4 is 10.0 Å². The first kappa shape index (κ1) is 19.3. The fraction of sp³-hybridized carbons (Fsp3) is 0.706. The molecule has 2 fully saturated rings. The number of piperazine rings is 1. The molecule has 0 aromatic carbocycles. The molecule has 2 saturated heterocycles. The van der Waals surface area contributed by atoms with Crippen LogP contribution in [0.4, 0.5) is 0 Å². The van der Waals surface area contributed by atoms with E-state index in [0.29, 0.717) is 45.0 Å². The van der Waals surface area contributed by atoms with E-state index in [-0.39, 0.29) is 11.5 Å². The van der Waals surface area contributed by atoms with E-state index in [4.69, 9.17) is 4.42 Å². The molecule has 0 spiro atoms. The number of piperidine rings is 1. The molecule has 8 nitrogen and oxygen atoms in total. The largest absolute Gasteiger partial charge is 0.502 e. The zero-order valence-corrected chi connectivity index (χ0v) is 16.0. The molecule has 0 amide bonds. The summed E-state index contributed by atoms with van der Waals surface area (Å²) in [5, 5.41) is 10.1. The third kappa shape index (κ3) is 4.85. The van der Waals surface area contributed by atoms with Gasteiger partial charge in [-0.1, -0.05) is 6.42 Å². The molecule has 2 aliphatic rings. The predicted molar refractivity (Wildman–Crippen MR) is 97.5 cm³/mol. The lowest BCUT2D eigenvalue weighted by atomic mass is 10.1. The van der Waals surface area contributed by atoms with Gasteiger partial charge in [-0.15, -0.1) is 0 Å². The molecule has 1 N–H and O–H groups in total. The van der Waals surface area contributed by atoms with Crippen LogP contribution >= 0.6 is 0 Å². The first-order valence-electron chi connectivity index (χ1n) is 9.07. The summed E-state index contributed by atoms with van der Waals surface area (Å²) in [6.07, 6.45) is 4.75. The van der Waals surface area contributed by atoms with Crippen molar-refractivity contribution in [2.24, 2.45) is 0 Å². The Hall–Kier alpha value is -1.42. The van der Waals surface area contributed by atoms with Gasteiger partial charge < -0.3 is 9.52 Å². The van der Waals surface area contributed by atoms with Crippen LogP contribution < -0.4 is 5.43 Å². The van der Waals surface area contributed by atoms with Crippen molar-refractivity contribution in [3.8, 4) is 5.75 Å². The standard InChI is InChI=1S/C17H27N3O5S/c1-26(23,24)20-9-7-19(8-10-20)13-16-17(22)15(21)11-14(25-16)12-18-5-3-2-4-6-18/h11,22H,2-10,12-13H2,1H3. The van der Waals surface area contributed by atoms with E-state index in [1.165, 1.54) is 23.0 Å². The van der Waals surface area contributed by atoms with E-state index in [1.54, 1.807) is 0 Å². The fourth-order valence-corrected chi connectivity index (χ4v) is 4.36. The van der Waals surface area contributed by atoms with Crippen molar-refractivity contribution < 1.29 is 17.9 Å². The number of aromatic hydroxyl groups is 1. The van der Waals surface area contributed by atoms with Crippen LogP contribution in [0.25, 0.3) is 0 Å². The quantitative estimate of drug-likeness (QED) is 0.784. The lowest BCUT2D eigenvalue weighted by Gasteiger charge is -2.32. The summed E-state index contributed by atoms with van der Waals surface area (Å²) in [5.74, 6) is 0.481. The third-order valence-corrected chi connectivity index (χ3v) is 6.34. The minimum atomic E-state index is -3.18. The van der Waals surface area contributed by atoms with Crippen molar-refractivity contribution in [1.29, 1.82) is 0 Å².